The van der Waals surface area contributed by atoms with Crippen molar-refractivity contribution in [1.82, 2.24) is 0 Å². The molecule has 4 nitrogen and oxygen atoms in total. The second kappa shape index (κ2) is 6.65. The van der Waals surface area contributed by atoms with Gasteiger partial charge in [-0.05, 0) is 43.5 Å². The molecule has 0 radical (unpaired) electrons. The molecular formula is C21H22O4S. The van der Waals surface area contributed by atoms with Crippen LogP contribution in [0, 0.1) is 0 Å². The Bertz CT molecular complexity index is 906. The van der Waals surface area contributed by atoms with Crippen LogP contribution < -0.4 is 0 Å². The van der Waals surface area contributed by atoms with E-state index >= 15 is 0 Å². The SMILES string of the molecule is C[C@@]1(OCc2ccccc2)CC[C@H]2O[C@@H]1C=C2S(=O)(=O)c1ccccc1. The first-order valence-electron chi connectivity index (χ1n) is 8.84. The number of fused-ring (bicyclic) bond motifs is 2. The maximum Gasteiger partial charge on any atom is 0.205 e. The van der Waals surface area contributed by atoms with Gasteiger partial charge in [-0.2, -0.15) is 0 Å². The Balaban J connectivity index is 1.57. The second-order valence-corrected chi connectivity index (χ2v) is 9.01. The molecule has 0 aliphatic carbocycles. The van der Waals surface area contributed by atoms with E-state index in [0.29, 0.717) is 22.8 Å². The van der Waals surface area contributed by atoms with Crippen LogP contribution in [0.25, 0.3) is 0 Å². The molecule has 2 aromatic rings. The minimum absolute atomic E-state index is 0.314. The highest BCUT2D eigenvalue weighted by Gasteiger charge is 2.49. The first-order valence-corrected chi connectivity index (χ1v) is 10.3. The topological polar surface area (TPSA) is 52.6 Å². The maximum absolute atomic E-state index is 13.0. The van der Waals surface area contributed by atoms with Gasteiger partial charge < -0.3 is 9.47 Å². The molecule has 26 heavy (non-hydrogen) atoms. The highest BCUT2D eigenvalue weighted by Crippen LogP contribution is 2.43. The molecule has 1 saturated heterocycles. The Labute approximate surface area is 154 Å². The van der Waals surface area contributed by atoms with Gasteiger partial charge in [0.1, 0.15) is 6.10 Å². The quantitative estimate of drug-likeness (QED) is 0.801. The molecule has 0 aromatic heterocycles. The van der Waals surface area contributed by atoms with E-state index in [1.807, 2.05) is 43.3 Å². The van der Waals surface area contributed by atoms with Gasteiger partial charge in [-0.3, -0.25) is 0 Å². The fourth-order valence-corrected chi connectivity index (χ4v) is 5.22. The van der Waals surface area contributed by atoms with Gasteiger partial charge in [0.25, 0.3) is 0 Å². The molecule has 5 heteroatoms. The molecular weight excluding hydrogens is 348 g/mol. The van der Waals surface area contributed by atoms with E-state index in [0.717, 1.165) is 12.0 Å². The molecule has 3 atom stereocenters. The average Bonchev–Trinajstić information content (AvgIpc) is 3.07. The van der Waals surface area contributed by atoms with Crippen molar-refractivity contribution in [3.8, 4) is 0 Å². The van der Waals surface area contributed by atoms with Gasteiger partial charge in [0.15, 0.2) is 0 Å². The van der Waals surface area contributed by atoms with Gasteiger partial charge in [0.2, 0.25) is 9.84 Å². The Hall–Kier alpha value is -1.95. The Morgan fingerprint density at radius 3 is 2.42 bits per heavy atom. The van der Waals surface area contributed by atoms with Crippen LogP contribution in [0.5, 0.6) is 0 Å². The van der Waals surface area contributed by atoms with Crippen LogP contribution in [0.2, 0.25) is 0 Å². The van der Waals surface area contributed by atoms with Gasteiger partial charge in [0.05, 0.1) is 28.1 Å². The number of rotatable bonds is 5. The zero-order valence-corrected chi connectivity index (χ0v) is 15.5. The Morgan fingerprint density at radius 1 is 1.08 bits per heavy atom. The molecule has 0 N–H and O–H groups in total. The lowest BCUT2D eigenvalue weighted by atomic mass is 9.91. The molecule has 0 spiro atoms. The molecule has 2 bridgehead atoms. The summed E-state index contributed by atoms with van der Waals surface area (Å²) in [5, 5.41) is 0. The number of hydrogen-bond acceptors (Lipinski definition) is 4. The van der Waals surface area contributed by atoms with Gasteiger partial charge in [-0.1, -0.05) is 48.5 Å². The standard InChI is InChI=1S/C21H22O4S/c1-21(24-15-16-8-4-2-5-9-16)13-12-18-19(14-20(21)25-18)26(22,23)17-10-6-3-7-11-17/h2-11,14,18,20H,12-13,15H2,1H3/t18-,20-,21-/m1/s1. The minimum atomic E-state index is -3.53. The van der Waals surface area contributed by atoms with Crippen LogP contribution >= 0.6 is 0 Å². The molecule has 0 amide bonds. The lowest BCUT2D eigenvalue weighted by Gasteiger charge is -2.39. The molecule has 136 valence electrons. The summed E-state index contributed by atoms with van der Waals surface area (Å²) in [4.78, 5) is 0.690. The molecule has 0 saturated carbocycles. The number of hydrogen-bond donors (Lipinski definition) is 0. The monoisotopic (exact) mass is 370 g/mol. The zero-order valence-electron chi connectivity index (χ0n) is 14.7. The van der Waals surface area contributed by atoms with Crippen LogP contribution in [0.3, 0.4) is 0 Å². The van der Waals surface area contributed by atoms with Crippen LogP contribution in [0.1, 0.15) is 25.3 Å². The lowest BCUT2D eigenvalue weighted by molar-refractivity contribution is -0.162. The van der Waals surface area contributed by atoms with Gasteiger partial charge in [0, 0.05) is 0 Å². The van der Waals surface area contributed by atoms with E-state index in [2.05, 4.69) is 0 Å². The molecule has 2 aromatic carbocycles. The fourth-order valence-electron chi connectivity index (χ4n) is 3.61. The van der Waals surface area contributed by atoms with Crippen LogP contribution in [-0.2, 0) is 25.9 Å². The van der Waals surface area contributed by atoms with E-state index in [-0.39, 0.29) is 12.2 Å². The third kappa shape index (κ3) is 3.11. The minimum Gasteiger partial charge on any atom is -0.368 e. The Morgan fingerprint density at radius 2 is 1.73 bits per heavy atom. The summed E-state index contributed by atoms with van der Waals surface area (Å²) < 4.78 is 38.2. The maximum atomic E-state index is 13.0. The summed E-state index contributed by atoms with van der Waals surface area (Å²) in [7, 11) is -3.53. The van der Waals surface area contributed by atoms with Crippen molar-refractivity contribution in [2.75, 3.05) is 0 Å². The summed E-state index contributed by atoms with van der Waals surface area (Å²) in [6.07, 6.45) is 2.43. The normalized spacial score (nSPS) is 28.0. The van der Waals surface area contributed by atoms with E-state index in [1.165, 1.54) is 0 Å². The van der Waals surface area contributed by atoms with Crippen molar-refractivity contribution in [3.05, 3.63) is 77.2 Å². The van der Waals surface area contributed by atoms with Gasteiger partial charge in [-0.25, -0.2) is 8.42 Å². The molecule has 1 fully saturated rings. The van der Waals surface area contributed by atoms with Gasteiger partial charge in [-0.15, -0.1) is 0 Å². The predicted molar refractivity (Wildman–Crippen MR) is 99.2 cm³/mol. The average molecular weight is 370 g/mol. The number of benzene rings is 2. The van der Waals surface area contributed by atoms with E-state index in [1.54, 1.807) is 30.3 Å². The summed E-state index contributed by atoms with van der Waals surface area (Å²) >= 11 is 0. The molecule has 2 aliphatic rings. The third-order valence-electron chi connectivity index (χ3n) is 5.22. The predicted octanol–water partition coefficient (Wildman–Crippen LogP) is 3.88. The van der Waals surface area contributed by atoms with Crippen LogP contribution in [0.15, 0.2) is 76.5 Å². The zero-order chi connectivity index (χ0) is 18.2. The molecule has 4 rings (SSSR count). The lowest BCUT2D eigenvalue weighted by Crippen LogP contribution is -2.46. The van der Waals surface area contributed by atoms with Crippen molar-refractivity contribution in [2.45, 2.75) is 49.1 Å². The Kier molecular flexibility index (Phi) is 4.47. The summed E-state index contributed by atoms with van der Waals surface area (Å²) in [5.74, 6) is 0. The van der Waals surface area contributed by atoms with Crippen molar-refractivity contribution in [3.63, 3.8) is 0 Å². The van der Waals surface area contributed by atoms with Gasteiger partial charge >= 0.3 is 0 Å². The largest absolute Gasteiger partial charge is 0.368 e. The smallest absolute Gasteiger partial charge is 0.205 e. The molecule has 2 aliphatic heterocycles. The summed E-state index contributed by atoms with van der Waals surface area (Å²) in [6, 6.07) is 18.5. The van der Waals surface area contributed by atoms with Crippen molar-refractivity contribution in [1.29, 1.82) is 0 Å². The molecule has 2 heterocycles. The summed E-state index contributed by atoms with van der Waals surface area (Å²) in [6.45, 7) is 2.49. The van der Waals surface area contributed by atoms with Crippen molar-refractivity contribution >= 4 is 9.84 Å². The highest BCUT2D eigenvalue weighted by molar-refractivity contribution is 7.95. The highest BCUT2D eigenvalue weighted by atomic mass is 32.2. The van der Waals surface area contributed by atoms with Crippen molar-refractivity contribution in [2.24, 2.45) is 0 Å². The first-order chi connectivity index (χ1) is 12.5. The second-order valence-electron chi connectivity index (χ2n) is 7.06. The van der Waals surface area contributed by atoms with Crippen LogP contribution in [0.4, 0.5) is 0 Å². The van der Waals surface area contributed by atoms with Crippen LogP contribution in [-0.4, -0.2) is 26.2 Å². The third-order valence-corrected chi connectivity index (χ3v) is 7.14. The van der Waals surface area contributed by atoms with E-state index < -0.39 is 15.4 Å². The van der Waals surface area contributed by atoms with Crippen molar-refractivity contribution < 1.29 is 17.9 Å². The first kappa shape index (κ1) is 17.5. The summed E-state index contributed by atoms with van der Waals surface area (Å²) in [5.41, 5.74) is 0.565. The number of sulfone groups is 1. The van der Waals surface area contributed by atoms with E-state index in [4.69, 9.17) is 9.47 Å². The van der Waals surface area contributed by atoms with E-state index in [9.17, 15) is 8.42 Å². The number of ether oxygens (including phenoxy) is 2. The molecule has 0 unspecified atom stereocenters. The fraction of sp³-hybridized carbons (Fsp3) is 0.333.